The third kappa shape index (κ3) is 6.67. The van der Waals surface area contributed by atoms with Crippen LogP contribution in [0.2, 0.25) is 0 Å². The Kier molecular flexibility index (Phi) is 8.72. The fourth-order valence-corrected chi connectivity index (χ4v) is 3.79. The minimum atomic E-state index is -0.360. The van der Waals surface area contributed by atoms with E-state index in [-0.39, 0.29) is 18.3 Å². The van der Waals surface area contributed by atoms with Crippen molar-refractivity contribution >= 4 is 29.6 Å². The molecule has 33 heavy (non-hydrogen) atoms. The van der Waals surface area contributed by atoms with Gasteiger partial charge in [-0.2, -0.15) is 10.2 Å². The van der Waals surface area contributed by atoms with E-state index in [1.807, 2.05) is 24.3 Å². The highest BCUT2D eigenvalue weighted by Gasteiger charge is 2.51. The zero-order valence-electron chi connectivity index (χ0n) is 21.3. The zero-order chi connectivity index (χ0) is 23.9. The Morgan fingerprint density at radius 1 is 0.697 bits per heavy atom. The van der Waals surface area contributed by atoms with E-state index < -0.39 is 0 Å². The molecule has 0 atom stereocenters. The van der Waals surface area contributed by atoms with Gasteiger partial charge in [0.05, 0.1) is 22.6 Å². The summed E-state index contributed by atoms with van der Waals surface area (Å²) in [5.41, 5.74) is 3.24. The van der Waals surface area contributed by atoms with Crippen LogP contribution in [0.15, 0.2) is 58.8 Å². The van der Waals surface area contributed by atoms with Crippen molar-refractivity contribution in [2.75, 3.05) is 18.0 Å². The summed E-state index contributed by atoms with van der Waals surface area (Å²) in [6.45, 7) is 15.0. The van der Waals surface area contributed by atoms with Crippen molar-refractivity contribution in [3.8, 4) is 0 Å². The SMILES string of the molecule is CCCCCN(CCCC)c1ccc(N=Nc2ccc(B3OC(C)(C)C(C)(C)O3)cc2)cc1. The van der Waals surface area contributed by atoms with Gasteiger partial charge < -0.3 is 14.2 Å². The smallest absolute Gasteiger partial charge is 0.399 e. The van der Waals surface area contributed by atoms with E-state index in [4.69, 9.17) is 9.31 Å². The molecule has 0 aliphatic carbocycles. The Balaban J connectivity index is 1.61. The second kappa shape index (κ2) is 11.3. The molecule has 2 aromatic rings. The Hall–Kier alpha value is -2.18. The summed E-state index contributed by atoms with van der Waals surface area (Å²) in [6.07, 6.45) is 6.20. The third-order valence-corrected chi connectivity index (χ3v) is 6.73. The van der Waals surface area contributed by atoms with Crippen molar-refractivity contribution in [2.24, 2.45) is 10.2 Å². The first-order chi connectivity index (χ1) is 15.8. The van der Waals surface area contributed by atoms with Crippen LogP contribution in [0.1, 0.15) is 73.6 Å². The van der Waals surface area contributed by atoms with Crippen molar-refractivity contribution in [2.45, 2.75) is 84.8 Å². The summed E-state index contributed by atoms with van der Waals surface area (Å²) >= 11 is 0. The minimum absolute atomic E-state index is 0.343. The summed E-state index contributed by atoms with van der Waals surface area (Å²) in [4.78, 5) is 2.49. The molecule has 0 bridgehead atoms. The van der Waals surface area contributed by atoms with Gasteiger partial charge in [-0.25, -0.2) is 0 Å². The van der Waals surface area contributed by atoms with Crippen LogP contribution >= 0.6 is 0 Å². The van der Waals surface area contributed by atoms with Crippen LogP contribution < -0.4 is 10.4 Å². The maximum Gasteiger partial charge on any atom is 0.494 e. The highest BCUT2D eigenvalue weighted by atomic mass is 16.7. The Labute approximate surface area is 200 Å². The van der Waals surface area contributed by atoms with E-state index in [2.05, 4.69) is 80.9 Å². The van der Waals surface area contributed by atoms with E-state index in [1.54, 1.807) is 0 Å². The molecular formula is C27H40BN3O2. The second-order valence-electron chi connectivity index (χ2n) is 9.94. The molecule has 5 nitrogen and oxygen atoms in total. The van der Waals surface area contributed by atoms with Gasteiger partial charge in [0.25, 0.3) is 0 Å². The molecule has 0 radical (unpaired) electrons. The van der Waals surface area contributed by atoms with Crippen molar-refractivity contribution in [3.63, 3.8) is 0 Å². The van der Waals surface area contributed by atoms with Crippen LogP contribution in [0, 0.1) is 0 Å². The average molecular weight is 449 g/mol. The molecule has 1 aliphatic rings. The highest BCUT2D eigenvalue weighted by Crippen LogP contribution is 2.36. The Bertz CT molecular complexity index is 879. The topological polar surface area (TPSA) is 46.4 Å². The fourth-order valence-electron chi connectivity index (χ4n) is 3.79. The lowest BCUT2D eigenvalue weighted by molar-refractivity contribution is 0.00578. The number of hydrogen-bond acceptors (Lipinski definition) is 5. The summed E-state index contributed by atoms with van der Waals surface area (Å²) < 4.78 is 12.2. The lowest BCUT2D eigenvalue weighted by Crippen LogP contribution is -2.41. The molecule has 1 fully saturated rings. The molecule has 1 aliphatic heterocycles. The van der Waals surface area contributed by atoms with E-state index in [9.17, 15) is 0 Å². The number of rotatable bonds is 11. The first-order valence-corrected chi connectivity index (χ1v) is 12.5. The maximum atomic E-state index is 6.12. The molecule has 0 aromatic heterocycles. The van der Waals surface area contributed by atoms with Gasteiger partial charge in [0, 0.05) is 18.8 Å². The number of unbranched alkanes of at least 4 members (excludes halogenated alkanes) is 3. The van der Waals surface area contributed by atoms with Gasteiger partial charge in [0.15, 0.2) is 0 Å². The highest BCUT2D eigenvalue weighted by molar-refractivity contribution is 6.62. The van der Waals surface area contributed by atoms with Crippen molar-refractivity contribution < 1.29 is 9.31 Å². The van der Waals surface area contributed by atoms with E-state index in [1.165, 1.54) is 37.8 Å². The number of benzene rings is 2. The molecule has 1 saturated heterocycles. The molecule has 6 heteroatoms. The van der Waals surface area contributed by atoms with Crippen LogP contribution in [-0.2, 0) is 9.31 Å². The van der Waals surface area contributed by atoms with Crippen molar-refractivity contribution in [1.29, 1.82) is 0 Å². The molecule has 0 amide bonds. The Morgan fingerprint density at radius 2 is 1.18 bits per heavy atom. The first kappa shape index (κ1) is 25.4. The average Bonchev–Trinajstić information content (AvgIpc) is 3.02. The van der Waals surface area contributed by atoms with Gasteiger partial charge in [-0.3, -0.25) is 0 Å². The van der Waals surface area contributed by atoms with E-state index in [0.717, 1.165) is 29.9 Å². The molecule has 3 rings (SSSR count). The largest absolute Gasteiger partial charge is 0.494 e. The van der Waals surface area contributed by atoms with Crippen LogP contribution in [-0.4, -0.2) is 31.4 Å². The third-order valence-electron chi connectivity index (χ3n) is 6.73. The van der Waals surface area contributed by atoms with Gasteiger partial charge in [0.2, 0.25) is 0 Å². The quantitative estimate of drug-likeness (QED) is 0.207. The van der Waals surface area contributed by atoms with Crippen LogP contribution in [0.5, 0.6) is 0 Å². The zero-order valence-corrected chi connectivity index (χ0v) is 21.3. The number of azo groups is 1. The molecule has 1 heterocycles. The van der Waals surface area contributed by atoms with Gasteiger partial charge in [-0.1, -0.05) is 45.2 Å². The molecule has 0 N–H and O–H groups in total. The van der Waals surface area contributed by atoms with E-state index in [0.29, 0.717) is 0 Å². The van der Waals surface area contributed by atoms with Crippen molar-refractivity contribution in [1.82, 2.24) is 0 Å². The molecule has 0 unspecified atom stereocenters. The van der Waals surface area contributed by atoms with Crippen LogP contribution in [0.4, 0.5) is 17.1 Å². The van der Waals surface area contributed by atoms with Crippen LogP contribution in [0.3, 0.4) is 0 Å². The standard InChI is InChI=1S/C27H40BN3O2/c1-7-9-11-21-31(20-10-8-2)25-18-16-24(17-19-25)30-29-23-14-12-22(13-15-23)28-32-26(3,4)27(5,6)33-28/h12-19H,7-11,20-21H2,1-6H3. The van der Waals surface area contributed by atoms with Gasteiger partial charge in [0.1, 0.15) is 0 Å². The van der Waals surface area contributed by atoms with Gasteiger partial charge in [-0.15, -0.1) is 0 Å². The molecule has 2 aromatic carbocycles. The minimum Gasteiger partial charge on any atom is -0.399 e. The maximum absolute atomic E-state index is 6.12. The summed E-state index contributed by atoms with van der Waals surface area (Å²) in [5.74, 6) is 0. The van der Waals surface area contributed by atoms with Crippen LogP contribution in [0.25, 0.3) is 0 Å². The van der Waals surface area contributed by atoms with Gasteiger partial charge in [-0.05, 0) is 82.4 Å². The van der Waals surface area contributed by atoms with Crippen molar-refractivity contribution in [3.05, 3.63) is 48.5 Å². The molecule has 178 valence electrons. The number of hydrogen-bond donors (Lipinski definition) is 0. The predicted molar refractivity (Wildman–Crippen MR) is 139 cm³/mol. The van der Waals surface area contributed by atoms with E-state index >= 15 is 0 Å². The number of nitrogens with zero attached hydrogens (tertiary/aromatic N) is 3. The molecule has 0 saturated carbocycles. The molecular weight excluding hydrogens is 409 g/mol. The monoisotopic (exact) mass is 449 g/mol. The number of anilines is 1. The summed E-state index contributed by atoms with van der Waals surface area (Å²) in [6, 6.07) is 16.3. The predicted octanol–water partition coefficient (Wildman–Crippen LogP) is 7.20. The normalized spacial score (nSPS) is 17.1. The second-order valence-corrected chi connectivity index (χ2v) is 9.94. The van der Waals surface area contributed by atoms with Gasteiger partial charge >= 0.3 is 7.12 Å². The summed E-state index contributed by atoms with van der Waals surface area (Å²) in [5, 5.41) is 8.85. The summed E-state index contributed by atoms with van der Waals surface area (Å²) in [7, 11) is -0.360. The molecule has 0 spiro atoms. The fraction of sp³-hybridized carbons (Fsp3) is 0.556. The first-order valence-electron chi connectivity index (χ1n) is 12.5. The lowest BCUT2D eigenvalue weighted by Gasteiger charge is -2.32. The Morgan fingerprint density at radius 3 is 1.70 bits per heavy atom. The lowest BCUT2D eigenvalue weighted by atomic mass is 9.79.